The third kappa shape index (κ3) is 2.79. The third-order valence-corrected chi connectivity index (χ3v) is 3.68. The van der Waals surface area contributed by atoms with Crippen LogP contribution in [-0.2, 0) is 4.79 Å². The average molecular weight is 210 g/mol. The lowest BCUT2D eigenvalue weighted by Gasteiger charge is -2.38. The summed E-state index contributed by atoms with van der Waals surface area (Å²) in [4.78, 5) is 15.8. The van der Waals surface area contributed by atoms with E-state index in [0.29, 0.717) is 12.6 Å². The van der Waals surface area contributed by atoms with Gasteiger partial charge in [0.25, 0.3) is 0 Å². The summed E-state index contributed by atoms with van der Waals surface area (Å²) in [5.74, 6) is 0. The van der Waals surface area contributed by atoms with Gasteiger partial charge in [0, 0.05) is 6.42 Å². The van der Waals surface area contributed by atoms with E-state index in [0.717, 1.165) is 6.29 Å². The number of carbonyl (C=O) groups is 1. The second-order valence-corrected chi connectivity index (χ2v) is 4.72. The van der Waals surface area contributed by atoms with Gasteiger partial charge in [-0.3, -0.25) is 9.80 Å². The van der Waals surface area contributed by atoms with Gasteiger partial charge in [0.2, 0.25) is 0 Å². The lowest BCUT2D eigenvalue weighted by molar-refractivity contribution is -0.110. The molecule has 86 valence electrons. The quantitative estimate of drug-likeness (QED) is 0.657. The molecule has 3 heteroatoms. The highest BCUT2D eigenvalue weighted by Crippen LogP contribution is 2.20. The SMILES string of the molecule is O=CCC(N1CCCCC1)N1CCCC1. The van der Waals surface area contributed by atoms with Gasteiger partial charge in [-0.25, -0.2) is 0 Å². The van der Waals surface area contributed by atoms with Crippen molar-refractivity contribution >= 4 is 6.29 Å². The monoisotopic (exact) mass is 210 g/mol. The molecule has 0 aromatic carbocycles. The van der Waals surface area contributed by atoms with E-state index in [4.69, 9.17) is 0 Å². The number of nitrogens with zero attached hydrogens (tertiary/aromatic N) is 2. The second kappa shape index (κ2) is 5.61. The molecule has 0 aromatic heterocycles. The van der Waals surface area contributed by atoms with Crippen LogP contribution in [0.3, 0.4) is 0 Å². The van der Waals surface area contributed by atoms with Crippen LogP contribution >= 0.6 is 0 Å². The van der Waals surface area contributed by atoms with Gasteiger partial charge >= 0.3 is 0 Å². The molecule has 15 heavy (non-hydrogen) atoms. The molecule has 0 saturated carbocycles. The molecular weight excluding hydrogens is 188 g/mol. The summed E-state index contributed by atoms with van der Waals surface area (Å²) < 4.78 is 0. The van der Waals surface area contributed by atoms with E-state index < -0.39 is 0 Å². The number of likely N-dealkylation sites (tertiary alicyclic amines) is 2. The molecule has 1 unspecified atom stereocenters. The molecule has 2 rings (SSSR count). The Kier molecular flexibility index (Phi) is 4.15. The first-order valence-electron chi connectivity index (χ1n) is 6.33. The molecule has 3 nitrogen and oxygen atoms in total. The predicted molar refractivity (Wildman–Crippen MR) is 60.7 cm³/mol. The van der Waals surface area contributed by atoms with E-state index in [1.807, 2.05) is 0 Å². The maximum Gasteiger partial charge on any atom is 0.122 e. The van der Waals surface area contributed by atoms with E-state index >= 15 is 0 Å². The van der Waals surface area contributed by atoms with Crippen LogP contribution in [0.1, 0.15) is 38.5 Å². The topological polar surface area (TPSA) is 23.6 Å². The maximum absolute atomic E-state index is 10.8. The summed E-state index contributed by atoms with van der Waals surface area (Å²) in [5.41, 5.74) is 0. The zero-order valence-electron chi connectivity index (χ0n) is 9.53. The molecule has 0 amide bonds. The second-order valence-electron chi connectivity index (χ2n) is 4.72. The number of rotatable bonds is 4. The average Bonchev–Trinajstić information content (AvgIpc) is 2.80. The molecule has 2 aliphatic rings. The first-order chi connectivity index (χ1) is 7.42. The fourth-order valence-corrected chi connectivity index (χ4v) is 2.87. The van der Waals surface area contributed by atoms with Gasteiger partial charge in [-0.2, -0.15) is 0 Å². The van der Waals surface area contributed by atoms with Gasteiger partial charge < -0.3 is 4.79 Å². The van der Waals surface area contributed by atoms with Crippen LogP contribution in [0.4, 0.5) is 0 Å². The minimum atomic E-state index is 0.408. The van der Waals surface area contributed by atoms with E-state index in [9.17, 15) is 4.79 Å². The molecule has 2 heterocycles. The zero-order valence-corrected chi connectivity index (χ0v) is 9.53. The highest BCUT2D eigenvalue weighted by Gasteiger charge is 2.27. The molecule has 2 saturated heterocycles. The predicted octanol–water partition coefficient (Wildman–Crippen LogP) is 1.48. The number of aldehydes is 1. The molecule has 0 bridgehead atoms. The molecule has 2 fully saturated rings. The van der Waals surface area contributed by atoms with Gasteiger partial charge in [-0.15, -0.1) is 0 Å². The number of carbonyl (C=O) groups excluding carboxylic acids is 1. The van der Waals surface area contributed by atoms with Crippen molar-refractivity contribution in [3.63, 3.8) is 0 Å². The number of hydrogen-bond donors (Lipinski definition) is 0. The lowest BCUT2D eigenvalue weighted by Crippen LogP contribution is -2.49. The van der Waals surface area contributed by atoms with Crippen LogP contribution in [0.25, 0.3) is 0 Å². The molecular formula is C12H22N2O. The van der Waals surface area contributed by atoms with E-state index in [1.165, 1.54) is 58.3 Å². The van der Waals surface area contributed by atoms with E-state index in [2.05, 4.69) is 9.80 Å². The molecule has 2 aliphatic heterocycles. The Hall–Kier alpha value is -0.410. The van der Waals surface area contributed by atoms with Gasteiger partial charge in [0.15, 0.2) is 0 Å². The van der Waals surface area contributed by atoms with Crippen molar-refractivity contribution in [3.8, 4) is 0 Å². The first-order valence-corrected chi connectivity index (χ1v) is 6.33. The highest BCUT2D eigenvalue weighted by molar-refractivity contribution is 5.50. The molecule has 0 radical (unpaired) electrons. The summed E-state index contributed by atoms with van der Waals surface area (Å²) >= 11 is 0. The Morgan fingerprint density at radius 3 is 1.80 bits per heavy atom. The summed E-state index contributed by atoms with van der Waals surface area (Å²) in [6.07, 6.45) is 8.80. The molecule has 0 spiro atoms. The maximum atomic E-state index is 10.8. The van der Waals surface area contributed by atoms with Gasteiger partial charge in [0.1, 0.15) is 6.29 Å². The van der Waals surface area contributed by atoms with Crippen molar-refractivity contribution in [1.29, 1.82) is 0 Å². The normalized spacial score (nSPS) is 26.7. The highest BCUT2D eigenvalue weighted by atomic mass is 16.1. The number of piperidine rings is 1. The van der Waals surface area contributed by atoms with E-state index in [1.54, 1.807) is 0 Å². The standard InChI is InChI=1S/C12H22N2O/c15-11-6-12(14-9-4-5-10-14)13-7-2-1-3-8-13/h11-12H,1-10H2. The Labute approximate surface area is 92.4 Å². The Balaban J connectivity index is 1.93. The lowest BCUT2D eigenvalue weighted by atomic mass is 10.1. The summed E-state index contributed by atoms with van der Waals surface area (Å²) in [5, 5.41) is 0. The number of hydrogen-bond acceptors (Lipinski definition) is 3. The van der Waals surface area contributed by atoms with Gasteiger partial charge in [-0.1, -0.05) is 6.42 Å². The Morgan fingerprint density at radius 1 is 0.867 bits per heavy atom. The van der Waals surface area contributed by atoms with Crippen LogP contribution in [0, 0.1) is 0 Å². The van der Waals surface area contributed by atoms with Gasteiger partial charge in [-0.05, 0) is 51.9 Å². The van der Waals surface area contributed by atoms with Crippen LogP contribution in [0.15, 0.2) is 0 Å². The van der Waals surface area contributed by atoms with Crippen LogP contribution in [0.2, 0.25) is 0 Å². The van der Waals surface area contributed by atoms with Crippen molar-refractivity contribution in [2.75, 3.05) is 26.2 Å². The fraction of sp³-hybridized carbons (Fsp3) is 0.917. The first kappa shape index (κ1) is 11.1. The van der Waals surface area contributed by atoms with Crippen LogP contribution in [0.5, 0.6) is 0 Å². The van der Waals surface area contributed by atoms with Crippen molar-refractivity contribution in [3.05, 3.63) is 0 Å². The molecule has 0 aromatic rings. The van der Waals surface area contributed by atoms with Crippen LogP contribution in [-0.4, -0.2) is 48.4 Å². The largest absolute Gasteiger partial charge is 0.303 e. The summed E-state index contributed by atoms with van der Waals surface area (Å²) in [6, 6.07) is 0. The van der Waals surface area contributed by atoms with Gasteiger partial charge in [0.05, 0.1) is 6.17 Å². The molecule has 0 aliphatic carbocycles. The van der Waals surface area contributed by atoms with Crippen LogP contribution < -0.4 is 0 Å². The zero-order chi connectivity index (χ0) is 10.5. The minimum Gasteiger partial charge on any atom is -0.303 e. The third-order valence-electron chi connectivity index (χ3n) is 3.68. The Bertz CT molecular complexity index is 196. The fourth-order valence-electron chi connectivity index (χ4n) is 2.87. The summed E-state index contributed by atoms with van der Waals surface area (Å²) in [6.45, 7) is 4.76. The van der Waals surface area contributed by atoms with Crippen molar-refractivity contribution < 1.29 is 4.79 Å². The van der Waals surface area contributed by atoms with E-state index in [-0.39, 0.29) is 0 Å². The smallest absolute Gasteiger partial charge is 0.122 e. The van der Waals surface area contributed by atoms with Crippen molar-refractivity contribution in [2.45, 2.75) is 44.7 Å². The summed E-state index contributed by atoms with van der Waals surface area (Å²) in [7, 11) is 0. The minimum absolute atomic E-state index is 0.408. The molecule has 0 N–H and O–H groups in total. The van der Waals surface area contributed by atoms with Crippen molar-refractivity contribution in [1.82, 2.24) is 9.80 Å². The Morgan fingerprint density at radius 2 is 1.33 bits per heavy atom. The molecule has 1 atom stereocenters. The van der Waals surface area contributed by atoms with Crippen molar-refractivity contribution in [2.24, 2.45) is 0 Å².